The molecule has 1 unspecified atom stereocenters. The van der Waals surface area contributed by atoms with Crippen LogP contribution in [0.5, 0.6) is 0 Å². The van der Waals surface area contributed by atoms with Gasteiger partial charge in [-0.3, -0.25) is 4.68 Å². The molecule has 3 N–H and O–H groups in total. The number of nitrogens with two attached hydrogens (primary N) is 1. The second-order valence-corrected chi connectivity index (χ2v) is 4.21. The fourth-order valence-corrected chi connectivity index (χ4v) is 1.87. The molecule has 1 heterocycles. The van der Waals surface area contributed by atoms with Gasteiger partial charge in [-0.05, 0) is 24.5 Å². The molecule has 0 saturated heterocycles. The highest BCUT2D eigenvalue weighted by Crippen LogP contribution is 2.23. The smallest absolute Gasteiger partial charge is 0.0813 e. The average molecular weight is 231 g/mol. The first-order valence-electron chi connectivity index (χ1n) is 5.67. The second-order valence-electron chi connectivity index (χ2n) is 4.21. The van der Waals surface area contributed by atoms with Crippen LogP contribution in [0.15, 0.2) is 36.7 Å². The maximum absolute atomic E-state index is 10.1. The van der Waals surface area contributed by atoms with Gasteiger partial charge in [-0.25, -0.2) is 0 Å². The van der Waals surface area contributed by atoms with Crippen LogP contribution in [-0.2, 0) is 13.5 Å². The number of aliphatic hydroxyl groups is 1. The summed E-state index contributed by atoms with van der Waals surface area (Å²) < 4.78 is 1.76. The van der Waals surface area contributed by atoms with E-state index in [1.165, 1.54) is 0 Å². The number of hydrogen-bond acceptors (Lipinski definition) is 3. The Balaban J connectivity index is 1.98. The largest absolute Gasteiger partial charge is 0.398 e. The molecule has 0 saturated carbocycles. The van der Waals surface area contributed by atoms with Gasteiger partial charge in [-0.1, -0.05) is 18.2 Å². The van der Waals surface area contributed by atoms with Crippen molar-refractivity contribution in [2.24, 2.45) is 7.05 Å². The minimum atomic E-state index is -0.517. The number of rotatable bonds is 4. The van der Waals surface area contributed by atoms with Gasteiger partial charge in [0, 0.05) is 24.5 Å². The van der Waals surface area contributed by atoms with Crippen LogP contribution >= 0.6 is 0 Å². The number of aromatic nitrogens is 2. The van der Waals surface area contributed by atoms with E-state index in [-0.39, 0.29) is 0 Å². The van der Waals surface area contributed by atoms with E-state index >= 15 is 0 Å². The summed E-state index contributed by atoms with van der Waals surface area (Å²) >= 11 is 0. The van der Waals surface area contributed by atoms with Crippen molar-refractivity contribution in [2.45, 2.75) is 18.9 Å². The molecule has 1 aromatic heterocycles. The Labute approximate surface area is 101 Å². The monoisotopic (exact) mass is 231 g/mol. The summed E-state index contributed by atoms with van der Waals surface area (Å²) in [6, 6.07) is 7.43. The minimum Gasteiger partial charge on any atom is -0.398 e. The lowest BCUT2D eigenvalue weighted by molar-refractivity contribution is 0.168. The van der Waals surface area contributed by atoms with Crippen LogP contribution in [-0.4, -0.2) is 14.9 Å². The number of benzene rings is 1. The molecule has 0 fully saturated rings. The summed E-state index contributed by atoms with van der Waals surface area (Å²) in [5, 5.41) is 14.2. The third-order valence-corrected chi connectivity index (χ3v) is 2.82. The maximum Gasteiger partial charge on any atom is 0.0813 e. The van der Waals surface area contributed by atoms with Gasteiger partial charge >= 0.3 is 0 Å². The quantitative estimate of drug-likeness (QED) is 0.787. The first kappa shape index (κ1) is 11.7. The lowest BCUT2D eigenvalue weighted by Crippen LogP contribution is -2.03. The van der Waals surface area contributed by atoms with E-state index in [0.29, 0.717) is 12.1 Å². The molecule has 17 heavy (non-hydrogen) atoms. The highest BCUT2D eigenvalue weighted by molar-refractivity contribution is 5.47. The van der Waals surface area contributed by atoms with E-state index in [1.807, 2.05) is 43.7 Å². The topological polar surface area (TPSA) is 64.1 Å². The van der Waals surface area contributed by atoms with Crippen LogP contribution in [0, 0.1) is 0 Å². The lowest BCUT2D eigenvalue weighted by atomic mass is 10.0. The molecule has 1 aromatic carbocycles. The maximum atomic E-state index is 10.1. The predicted molar refractivity (Wildman–Crippen MR) is 67.3 cm³/mol. The van der Waals surface area contributed by atoms with Gasteiger partial charge in [-0.15, -0.1) is 0 Å². The SMILES string of the molecule is Cn1cc(CCC(O)c2ccccc2N)cn1. The standard InChI is InChI=1S/C13H17N3O/c1-16-9-10(8-15-16)6-7-13(17)11-4-2-3-5-12(11)14/h2-5,8-9,13,17H,6-7,14H2,1H3. The zero-order chi connectivity index (χ0) is 12.3. The van der Waals surface area contributed by atoms with E-state index in [2.05, 4.69) is 5.10 Å². The van der Waals surface area contributed by atoms with Gasteiger partial charge in [0.15, 0.2) is 0 Å². The van der Waals surface area contributed by atoms with Crippen LogP contribution < -0.4 is 5.73 Å². The molecule has 0 aliphatic rings. The van der Waals surface area contributed by atoms with Gasteiger partial charge < -0.3 is 10.8 Å². The molecule has 0 aliphatic heterocycles. The number of aryl methyl sites for hydroxylation is 2. The number of anilines is 1. The van der Waals surface area contributed by atoms with Crippen molar-refractivity contribution in [2.75, 3.05) is 5.73 Å². The molecular weight excluding hydrogens is 214 g/mol. The fourth-order valence-electron chi connectivity index (χ4n) is 1.87. The van der Waals surface area contributed by atoms with E-state index in [1.54, 1.807) is 4.68 Å². The van der Waals surface area contributed by atoms with Gasteiger partial charge in [0.1, 0.15) is 0 Å². The Morgan fingerprint density at radius 2 is 2.18 bits per heavy atom. The zero-order valence-corrected chi connectivity index (χ0v) is 9.87. The summed E-state index contributed by atoms with van der Waals surface area (Å²) in [5.74, 6) is 0. The number of aliphatic hydroxyl groups excluding tert-OH is 1. The van der Waals surface area contributed by atoms with Crippen LogP contribution in [0.3, 0.4) is 0 Å². The van der Waals surface area contributed by atoms with Gasteiger partial charge in [-0.2, -0.15) is 5.10 Å². The summed E-state index contributed by atoms with van der Waals surface area (Å²) in [7, 11) is 1.88. The molecule has 4 heteroatoms. The van der Waals surface area contributed by atoms with Crippen molar-refractivity contribution in [1.29, 1.82) is 0 Å². The summed E-state index contributed by atoms with van der Waals surface area (Å²) in [6.07, 6.45) is 4.71. The van der Waals surface area contributed by atoms with Crippen molar-refractivity contribution in [1.82, 2.24) is 9.78 Å². The third kappa shape index (κ3) is 2.85. The summed E-state index contributed by atoms with van der Waals surface area (Å²) in [6.45, 7) is 0. The van der Waals surface area contributed by atoms with Crippen molar-refractivity contribution in [3.8, 4) is 0 Å². The fraction of sp³-hybridized carbons (Fsp3) is 0.308. The van der Waals surface area contributed by atoms with E-state index in [0.717, 1.165) is 17.5 Å². The van der Waals surface area contributed by atoms with Crippen LogP contribution in [0.4, 0.5) is 5.69 Å². The summed E-state index contributed by atoms with van der Waals surface area (Å²) in [4.78, 5) is 0. The molecule has 0 bridgehead atoms. The molecule has 0 spiro atoms. The van der Waals surface area contributed by atoms with Crippen molar-refractivity contribution < 1.29 is 5.11 Å². The highest BCUT2D eigenvalue weighted by Gasteiger charge is 2.10. The highest BCUT2D eigenvalue weighted by atomic mass is 16.3. The molecule has 1 atom stereocenters. The van der Waals surface area contributed by atoms with Crippen molar-refractivity contribution in [3.63, 3.8) is 0 Å². The summed E-state index contributed by atoms with van der Waals surface area (Å²) in [5.41, 5.74) is 8.39. The normalized spacial score (nSPS) is 12.6. The number of para-hydroxylation sites is 1. The minimum absolute atomic E-state index is 0.517. The lowest BCUT2D eigenvalue weighted by Gasteiger charge is -2.12. The van der Waals surface area contributed by atoms with Crippen molar-refractivity contribution >= 4 is 5.69 Å². The number of nitrogen functional groups attached to an aromatic ring is 1. The Hall–Kier alpha value is -1.81. The first-order valence-corrected chi connectivity index (χ1v) is 5.67. The number of nitrogens with zero attached hydrogens (tertiary/aromatic N) is 2. The first-order chi connectivity index (χ1) is 8.16. The Bertz CT molecular complexity index is 493. The molecule has 2 rings (SSSR count). The average Bonchev–Trinajstić information content (AvgIpc) is 2.73. The molecule has 4 nitrogen and oxygen atoms in total. The molecule has 0 aliphatic carbocycles. The zero-order valence-electron chi connectivity index (χ0n) is 9.87. The van der Waals surface area contributed by atoms with E-state index in [9.17, 15) is 5.11 Å². The molecule has 2 aromatic rings. The molecule has 0 radical (unpaired) electrons. The molecule has 90 valence electrons. The van der Waals surface area contributed by atoms with Crippen LogP contribution in [0.1, 0.15) is 23.7 Å². The molecule has 0 amide bonds. The second kappa shape index (κ2) is 5.01. The van der Waals surface area contributed by atoms with Crippen LogP contribution in [0.2, 0.25) is 0 Å². The number of hydrogen-bond donors (Lipinski definition) is 2. The van der Waals surface area contributed by atoms with E-state index in [4.69, 9.17) is 5.73 Å². The van der Waals surface area contributed by atoms with E-state index < -0.39 is 6.10 Å². The molecular formula is C13H17N3O. The van der Waals surface area contributed by atoms with Crippen molar-refractivity contribution in [3.05, 3.63) is 47.8 Å². The van der Waals surface area contributed by atoms with Gasteiger partial charge in [0.05, 0.1) is 12.3 Å². The third-order valence-electron chi connectivity index (χ3n) is 2.82. The van der Waals surface area contributed by atoms with Gasteiger partial charge in [0.2, 0.25) is 0 Å². The Morgan fingerprint density at radius 1 is 1.41 bits per heavy atom. The van der Waals surface area contributed by atoms with Crippen LogP contribution in [0.25, 0.3) is 0 Å². The van der Waals surface area contributed by atoms with Gasteiger partial charge in [0.25, 0.3) is 0 Å². The predicted octanol–water partition coefficient (Wildman–Crippen LogP) is 1.67. The Kier molecular flexibility index (Phi) is 3.44. The Morgan fingerprint density at radius 3 is 2.82 bits per heavy atom.